The minimum absolute atomic E-state index is 0. The Hall–Kier alpha value is -0.560. The van der Waals surface area contributed by atoms with Crippen molar-refractivity contribution in [2.45, 2.75) is 40.2 Å². The van der Waals surface area contributed by atoms with Gasteiger partial charge in [-0.3, -0.25) is 9.59 Å². The van der Waals surface area contributed by atoms with Crippen LogP contribution in [0.1, 0.15) is 34.1 Å². The minimum atomic E-state index is -0.563. The van der Waals surface area contributed by atoms with E-state index in [4.69, 9.17) is 5.73 Å². The van der Waals surface area contributed by atoms with Crippen LogP contribution in [0.3, 0.4) is 0 Å². The predicted octanol–water partition coefficient (Wildman–Crippen LogP) is 1.02. The number of amides is 2. The van der Waals surface area contributed by atoms with Gasteiger partial charge in [0.1, 0.15) is 0 Å². The molecule has 2 amide bonds. The van der Waals surface area contributed by atoms with E-state index in [1.54, 1.807) is 0 Å². The summed E-state index contributed by atoms with van der Waals surface area (Å²) < 4.78 is 0. The highest BCUT2D eigenvalue weighted by molar-refractivity contribution is 5.87. The molecule has 0 radical (unpaired) electrons. The van der Waals surface area contributed by atoms with Crippen LogP contribution in [0.4, 0.5) is 0 Å². The zero-order valence-electron chi connectivity index (χ0n) is 15.2. The lowest BCUT2D eigenvalue weighted by molar-refractivity contribution is -0.127. The van der Waals surface area contributed by atoms with Crippen molar-refractivity contribution < 1.29 is 9.59 Å². The molecule has 0 aromatic carbocycles. The summed E-state index contributed by atoms with van der Waals surface area (Å²) in [6.07, 6.45) is 1.12. The molecule has 24 heavy (non-hydrogen) atoms. The summed E-state index contributed by atoms with van der Waals surface area (Å²) in [5, 5.41) is 5.49. The van der Waals surface area contributed by atoms with Gasteiger partial charge in [-0.1, -0.05) is 27.7 Å². The fraction of sp³-hybridized carbons (Fsp3) is 0.875. The molecule has 0 saturated carbocycles. The summed E-state index contributed by atoms with van der Waals surface area (Å²) >= 11 is 0. The lowest BCUT2D eigenvalue weighted by atomic mass is 10.1. The number of carbonyl (C=O) groups excluding carboxylic acids is 2. The first-order valence-corrected chi connectivity index (χ1v) is 8.32. The van der Waals surface area contributed by atoms with E-state index >= 15 is 0 Å². The quantitative estimate of drug-likeness (QED) is 0.582. The van der Waals surface area contributed by atoms with Crippen molar-refractivity contribution >= 4 is 36.6 Å². The topological polar surface area (TPSA) is 87.5 Å². The number of halogens is 2. The van der Waals surface area contributed by atoms with Crippen LogP contribution >= 0.6 is 24.8 Å². The average molecular weight is 385 g/mol. The van der Waals surface area contributed by atoms with E-state index in [-0.39, 0.29) is 49.1 Å². The summed E-state index contributed by atoms with van der Waals surface area (Å²) in [5.74, 6) is 0.833. The molecule has 0 bridgehead atoms. The van der Waals surface area contributed by atoms with Crippen LogP contribution in [-0.2, 0) is 9.59 Å². The van der Waals surface area contributed by atoms with Gasteiger partial charge in [0.15, 0.2) is 0 Å². The number of nitrogens with one attached hydrogen (secondary N) is 2. The molecule has 0 aromatic heterocycles. The summed E-state index contributed by atoms with van der Waals surface area (Å²) in [6.45, 7) is 12.2. The molecule has 1 fully saturated rings. The first kappa shape index (κ1) is 25.7. The Bertz CT molecular complexity index is 381. The summed E-state index contributed by atoms with van der Waals surface area (Å²) in [4.78, 5) is 25.9. The van der Waals surface area contributed by atoms with E-state index in [2.05, 4.69) is 29.4 Å². The maximum absolute atomic E-state index is 11.8. The van der Waals surface area contributed by atoms with Crippen molar-refractivity contribution in [3.63, 3.8) is 0 Å². The number of nitrogens with zero attached hydrogens (tertiary/aromatic N) is 1. The van der Waals surface area contributed by atoms with Crippen molar-refractivity contribution in [1.29, 1.82) is 0 Å². The first-order chi connectivity index (χ1) is 10.3. The van der Waals surface area contributed by atoms with E-state index in [1.165, 1.54) is 0 Å². The Labute approximate surface area is 158 Å². The molecule has 1 heterocycles. The largest absolute Gasteiger partial charge is 0.354 e. The van der Waals surface area contributed by atoms with Crippen LogP contribution in [0.15, 0.2) is 0 Å². The highest BCUT2D eigenvalue weighted by Gasteiger charge is 2.23. The number of hydrogen-bond donors (Lipinski definition) is 3. The third-order valence-electron chi connectivity index (χ3n) is 4.03. The zero-order valence-corrected chi connectivity index (χ0v) is 16.8. The molecule has 1 rings (SSSR count). The van der Waals surface area contributed by atoms with Gasteiger partial charge in [-0.2, -0.15) is 0 Å². The molecule has 1 unspecified atom stereocenters. The first-order valence-electron chi connectivity index (χ1n) is 8.32. The molecular weight excluding hydrogens is 351 g/mol. The molecule has 144 valence electrons. The van der Waals surface area contributed by atoms with Crippen LogP contribution in [-0.4, -0.2) is 55.5 Å². The molecular formula is C16H34Cl2N4O2. The lowest BCUT2D eigenvalue weighted by Crippen LogP contribution is -2.47. The fourth-order valence-corrected chi connectivity index (χ4v) is 2.67. The highest BCUT2D eigenvalue weighted by atomic mass is 35.5. The normalized spacial score (nSPS) is 18.7. The van der Waals surface area contributed by atoms with Crippen molar-refractivity contribution in [2.24, 2.45) is 23.5 Å². The second kappa shape index (κ2) is 12.8. The maximum atomic E-state index is 11.8. The van der Waals surface area contributed by atoms with Gasteiger partial charge in [0, 0.05) is 19.6 Å². The second-order valence-corrected chi connectivity index (χ2v) is 7.10. The standard InChI is InChI=1S/C16H32N4O2.2ClH/c1-11(2)9-20-6-5-13(10-20)7-18-14(21)8-19-16(22)15(17)12(3)4;;/h11-13,15H,5-10,17H2,1-4H3,(H,18,21)(H,19,22);2*1H/t13?,15-;;/m0../s1. The Kier molecular flexibility index (Phi) is 13.6. The summed E-state index contributed by atoms with van der Waals surface area (Å²) in [7, 11) is 0. The van der Waals surface area contributed by atoms with Crippen LogP contribution in [0.25, 0.3) is 0 Å². The molecule has 6 nitrogen and oxygen atoms in total. The van der Waals surface area contributed by atoms with Gasteiger partial charge in [-0.25, -0.2) is 0 Å². The molecule has 8 heteroatoms. The number of nitrogens with two attached hydrogens (primary N) is 1. The summed E-state index contributed by atoms with van der Waals surface area (Å²) in [6, 6.07) is -0.563. The molecule has 1 saturated heterocycles. The second-order valence-electron chi connectivity index (χ2n) is 7.10. The van der Waals surface area contributed by atoms with E-state index in [1.807, 2.05) is 13.8 Å². The van der Waals surface area contributed by atoms with E-state index in [0.717, 1.165) is 26.1 Å². The van der Waals surface area contributed by atoms with Gasteiger partial charge >= 0.3 is 0 Å². The van der Waals surface area contributed by atoms with Gasteiger partial charge in [0.05, 0.1) is 12.6 Å². The van der Waals surface area contributed by atoms with Gasteiger partial charge in [0.25, 0.3) is 0 Å². The maximum Gasteiger partial charge on any atom is 0.239 e. The van der Waals surface area contributed by atoms with Gasteiger partial charge < -0.3 is 21.3 Å². The van der Waals surface area contributed by atoms with E-state index in [0.29, 0.717) is 18.4 Å². The van der Waals surface area contributed by atoms with Gasteiger partial charge in [0.2, 0.25) is 11.8 Å². The fourth-order valence-electron chi connectivity index (χ4n) is 2.67. The van der Waals surface area contributed by atoms with Gasteiger partial charge in [-0.05, 0) is 30.7 Å². The predicted molar refractivity (Wildman–Crippen MR) is 103 cm³/mol. The van der Waals surface area contributed by atoms with Crippen LogP contribution in [0, 0.1) is 17.8 Å². The molecule has 0 aromatic rings. The molecule has 0 aliphatic carbocycles. The zero-order chi connectivity index (χ0) is 16.7. The Morgan fingerprint density at radius 3 is 2.33 bits per heavy atom. The van der Waals surface area contributed by atoms with E-state index < -0.39 is 6.04 Å². The third kappa shape index (κ3) is 9.67. The Morgan fingerprint density at radius 2 is 1.79 bits per heavy atom. The van der Waals surface area contributed by atoms with E-state index in [9.17, 15) is 9.59 Å². The molecule has 1 aliphatic heterocycles. The number of hydrogen-bond acceptors (Lipinski definition) is 4. The minimum Gasteiger partial charge on any atom is -0.354 e. The SMILES string of the molecule is CC(C)CN1CCC(CNC(=O)CNC(=O)[C@@H](N)C(C)C)C1.Cl.Cl. The number of rotatable bonds is 8. The smallest absolute Gasteiger partial charge is 0.239 e. The van der Waals surface area contributed by atoms with Crippen molar-refractivity contribution in [3.05, 3.63) is 0 Å². The average Bonchev–Trinajstić information content (AvgIpc) is 2.88. The Balaban J connectivity index is 0. The van der Waals surface area contributed by atoms with Crippen molar-refractivity contribution in [1.82, 2.24) is 15.5 Å². The third-order valence-corrected chi connectivity index (χ3v) is 4.03. The van der Waals surface area contributed by atoms with Crippen LogP contribution in [0.5, 0.6) is 0 Å². The van der Waals surface area contributed by atoms with Crippen LogP contribution < -0.4 is 16.4 Å². The number of likely N-dealkylation sites (tertiary alicyclic amines) is 1. The number of carbonyl (C=O) groups is 2. The van der Waals surface area contributed by atoms with Gasteiger partial charge in [-0.15, -0.1) is 24.8 Å². The van der Waals surface area contributed by atoms with Crippen LogP contribution in [0.2, 0.25) is 0 Å². The summed E-state index contributed by atoms with van der Waals surface area (Å²) in [5.41, 5.74) is 5.73. The molecule has 1 aliphatic rings. The lowest BCUT2D eigenvalue weighted by Gasteiger charge is -2.18. The molecule has 2 atom stereocenters. The highest BCUT2D eigenvalue weighted by Crippen LogP contribution is 2.16. The molecule has 0 spiro atoms. The monoisotopic (exact) mass is 384 g/mol. The molecule has 4 N–H and O–H groups in total. The van der Waals surface area contributed by atoms with Crippen molar-refractivity contribution in [2.75, 3.05) is 32.7 Å². The van der Waals surface area contributed by atoms with Crippen molar-refractivity contribution in [3.8, 4) is 0 Å². The Morgan fingerprint density at radius 1 is 1.17 bits per heavy atom.